The van der Waals surface area contributed by atoms with E-state index >= 15 is 0 Å². The number of nitrogens with zero attached hydrogens (tertiary/aromatic N) is 1. The Morgan fingerprint density at radius 1 is 1.24 bits per heavy atom. The standard InChI is InChI=1S/C18H24N2O/c1-15(16-9-5-4-6-10-16)13-20-17(21)18(14-19)11-7-2-3-8-12-18/h4-6,9-10,15H,2-3,7-8,11-13H2,1H3,(H,20,21). The normalized spacial score (nSPS) is 19.0. The second-order valence-corrected chi connectivity index (χ2v) is 6.13. The minimum atomic E-state index is -0.799. The maximum Gasteiger partial charge on any atom is 0.240 e. The third-order valence-electron chi connectivity index (χ3n) is 4.54. The molecule has 21 heavy (non-hydrogen) atoms. The van der Waals surface area contributed by atoms with E-state index in [4.69, 9.17) is 0 Å². The van der Waals surface area contributed by atoms with Crippen molar-refractivity contribution >= 4 is 5.91 Å². The van der Waals surface area contributed by atoms with Crippen LogP contribution in [-0.4, -0.2) is 12.5 Å². The molecular weight excluding hydrogens is 260 g/mol. The lowest BCUT2D eigenvalue weighted by Crippen LogP contribution is -2.41. The summed E-state index contributed by atoms with van der Waals surface area (Å²) in [5.41, 5.74) is 0.414. The van der Waals surface area contributed by atoms with Crippen LogP contribution in [-0.2, 0) is 4.79 Å². The summed E-state index contributed by atoms with van der Waals surface area (Å²) >= 11 is 0. The van der Waals surface area contributed by atoms with Gasteiger partial charge in [-0.1, -0.05) is 62.9 Å². The first-order chi connectivity index (χ1) is 10.2. The van der Waals surface area contributed by atoms with Gasteiger partial charge in [-0.15, -0.1) is 0 Å². The second kappa shape index (κ2) is 7.26. The molecule has 0 saturated heterocycles. The minimum absolute atomic E-state index is 0.0744. The summed E-state index contributed by atoms with van der Waals surface area (Å²) in [7, 11) is 0. The summed E-state index contributed by atoms with van der Waals surface area (Å²) in [5, 5.41) is 12.5. The number of carbonyl (C=O) groups excluding carboxylic acids is 1. The molecule has 1 atom stereocenters. The number of hydrogen-bond donors (Lipinski definition) is 1. The van der Waals surface area contributed by atoms with E-state index in [1.54, 1.807) is 0 Å². The zero-order valence-corrected chi connectivity index (χ0v) is 12.8. The molecule has 3 nitrogen and oxygen atoms in total. The number of benzene rings is 1. The molecule has 1 aliphatic rings. The van der Waals surface area contributed by atoms with E-state index < -0.39 is 5.41 Å². The van der Waals surface area contributed by atoms with Gasteiger partial charge in [0.05, 0.1) is 6.07 Å². The van der Waals surface area contributed by atoms with Crippen molar-refractivity contribution < 1.29 is 4.79 Å². The molecule has 1 aromatic rings. The van der Waals surface area contributed by atoms with E-state index in [1.807, 2.05) is 18.2 Å². The largest absolute Gasteiger partial charge is 0.354 e. The van der Waals surface area contributed by atoms with Crippen LogP contribution in [0.25, 0.3) is 0 Å². The molecule has 1 aromatic carbocycles. The van der Waals surface area contributed by atoms with Gasteiger partial charge >= 0.3 is 0 Å². The summed E-state index contributed by atoms with van der Waals surface area (Å²) in [6.07, 6.45) is 5.64. The Labute approximate surface area is 127 Å². The van der Waals surface area contributed by atoms with Crippen LogP contribution in [0.4, 0.5) is 0 Å². The van der Waals surface area contributed by atoms with E-state index in [0.29, 0.717) is 19.4 Å². The van der Waals surface area contributed by atoms with Gasteiger partial charge in [-0.25, -0.2) is 0 Å². The van der Waals surface area contributed by atoms with Gasteiger partial charge in [-0.05, 0) is 24.3 Å². The lowest BCUT2D eigenvalue weighted by atomic mass is 9.81. The van der Waals surface area contributed by atoms with Gasteiger partial charge in [0.15, 0.2) is 0 Å². The Balaban J connectivity index is 1.95. The number of rotatable bonds is 4. The van der Waals surface area contributed by atoms with E-state index in [1.165, 1.54) is 5.56 Å². The van der Waals surface area contributed by atoms with Crippen molar-refractivity contribution in [1.82, 2.24) is 5.32 Å². The first-order valence-electron chi connectivity index (χ1n) is 7.92. The highest BCUT2D eigenvalue weighted by atomic mass is 16.2. The van der Waals surface area contributed by atoms with Crippen LogP contribution in [0.2, 0.25) is 0 Å². The van der Waals surface area contributed by atoms with Gasteiger partial charge in [0, 0.05) is 6.54 Å². The van der Waals surface area contributed by atoms with E-state index in [-0.39, 0.29) is 11.8 Å². The van der Waals surface area contributed by atoms with Gasteiger partial charge in [0.1, 0.15) is 5.41 Å². The van der Waals surface area contributed by atoms with Gasteiger partial charge in [-0.2, -0.15) is 5.26 Å². The molecule has 1 N–H and O–H groups in total. The Bertz CT molecular complexity index is 496. The van der Waals surface area contributed by atoms with E-state index in [0.717, 1.165) is 25.7 Å². The Morgan fingerprint density at radius 2 is 1.86 bits per heavy atom. The molecule has 3 heteroatoms. The highest BCUT2D eigenvalue weighted by Gasteiger charge is 2.38. The van der Waals surface area contributed by atoms with Gasteiger partial charge in [-0.3, -0.25) is 4.79 Å². The van der Waals surface area contributed by atoms with Crippen LogP contribution in [0.15, 0.2) is 30.3 Å². The molecule has 2 rings (SSSR count). The first-order valence-corrected chi connectivity index (χ1v) is 7.92. The fourth-order valence-corrected chi connectivity index (χ4v) is 3.04. The van der Waals surface area contributed by atoms with Crippen molar-refractivity contribution in [3.05, 3.63) is 35.9 Å². The lowest BCUT2D eigenvalue weighted by Gasteiger charge is -2.24. The van der Waals surface area contributed by atoms with Crippen LogP contribution < -0.4 is 5.32 Å². The van der Waals surface area contributed by atoms with Crippen LogP contribution >= 0.6 is 0 Å². The zero-order valence-electron chi connectivity index (χ0n) is 12.8. The number of amides is 1. The zero-order chi connectivity index (χ0) is 15.1. The molecule has 1 aliphatic carbocycles. The third-order valence-corrected chi connectivity index (χ3v) is 4.54. The summed E-state index contributed by atoms with van der Waals surface area (Å²) in [4.78, 5) is 12.5. The molecular formula is C18H24N2O. The van der Waals surface area contributed by atoms with Crippen LogP contribution in [0, 0.1) is 16.7 Å². The summed E-state index contributed by atoms with van der Waals surface area (Å²) in [6, 6.07) is 12.5. The van der Waals surface area contributed by atoms with E-state index in [2.05, 4.69) is 30.4 Å². The number of nitrogens with one attached hydrogen (secondary N) is 1. The molecule has 1 fully saturated rings. The average molecular weight is 284 g/mol. The van der Waals surface area contributed by atoms with Crippen molar-refractivity contribution in [1.29, 1.82) is 5.26 Å². The molecule has 112 valence electrons. The number of hydrogen-bond acceptors (Lipinski definition) is 2. The Morgan fingerprint density at radius 3 is 2.43 bits per heavy atom. The Hall–Kier alpha value is -1.82. The second-order valence-electron chi connectivity index (χ2n) is 6.13. The lowest BCUT2D eigenvalue weighted by molar-refractivity contribution is -0.128. The van der Waals surface area contributed by atoms with Crippen LogP contribution in [0.5, 0.6) is 0 Å². The SMILES string of the molecule is CC(CNC(=O)C1(C#N)CCCCCC1)c1ccccc1. The van der Waals surface area contributed by atoms with Crippen LogP contribution in [0.3, 0.4) is 0 Å². The molecule has 1 unspecified atom stereocenters. The molecule has 1 saturated carbocycles. The fourth-order valence-electron chi connectivity index (χ4n) is 3.04. The van der Waals surface area contributed by atoms with Gasteiger partial charge in [0.25, 0.3) is 0 Å². The summed E-state index contributed by atoms with van der Waals surface area (Å²) in [6.45, 7) is 2.69. The fraction of sp³-hybridized carbons (Fsp3) is 0.556. The summed E-state index contributed by atoms with van der Waals surface area (Å²) in [5.74, 6) is 0.186. The highest BCUT2D eigenvalue weighted by Crippen LogP contribution is 2.34. The molecule has 0 aromatic heterocycles. The highest BCUT2D eigenvalue weighted by molar-refractivity contribution is 5.85. The van der Waals surface area contributed by atoms with Crippen molar-refractivity contribution in [2.45, 2.75) is 51.4 Å². The predicted molar refractivity (Wildman–Crippen MR) is 83.6 cm³/mol. The predicted octanol–water partition coefficient (Wildman–Crippen LogP) is 3.77. The van der Waals surface area contributed by atoms with E-state index in [9.17, 15) is 10.1 Å². The summed E-state index contributed by atoms with van der Waals surface area (Å²) < 4.78 is 0. The molecule has 0 bridgehead atoms. The quantitative estimate of drug-likeness (QED) is 0.856. The van der Waals surface area contributed by atoms with Gasteiger partial charge in [0.2, 0.25) is 5.91 Å². The van der Waals surface area contributed by atoms with Crippen molar-refractivity contribution in [3.8, 4) is 6.07 Å². The van der Waals surface area contributed by atoms with Crippen LogP contribution in [0.1, 0.15) is 56.9 Å². The number of nitriles is 1. The van der Waals surface area contributed by atoms with Crippen molar-refractivity contribution in [2.75, 3.05) is 6.54 Å². The third kappa shape index (κ3) is 3.85. The number of carbonyl (C=O) groups is 1. The van der Waals surface area contributed by atoms with Gasteiger partial charge < -0.3 is 5.32 Å². The molecule has 1 amide bonds. The van der Waals surface area contributed by atoms with Crippen molar-refractivity contribution in [2.24, 2.45) is 5.41 Å². The molecule has 0 heterocycles. The Kier molecular flexibility index (Phi) is 5.38. The smallest absolute Gasteiger partial charge is 0.240 e. The molecule has 0 spiro atoms. The monoisotopic (exact) mass is 284 g/mol. The molecule has 0 radical (unpaired) electrons. The maximum absolute atomic E-state index is 12.5. The van der Waals surface area contributed by atoms with Crippen molar-refractivity contribution in [3.63, 3.8) is 0 Å². The maximum atomic E-state index is 12.5. The minimum Gasteiger partial charge on any atom is -0.354 e. The first kappa shape index (κ1) is 15.6. The topological polar surface area (TPSA) is 52.9 Å². The molecule has 0 aliphatic heterocycles. The average Bonchev–Trinajstić information content (AvgIpc) is 2.79.